The molecular weight excluding hydrogens is 306 g/mol. The van der Waals surface area contributed by atoms with Crippen LogP contribution >= 0.6 is 11.8 Å². The number of rotatable bonds is 6. The molecule has 0 aromatic heterocycles. The molecule has 1 aromatic carbocycles. The number of anilines is 1. The van der Waals surface area contributed by atoms with Gasteiger partial charge in [0, 0.05) is 31.9 Å². The van der Waals surface area contributed by atoms with E-state index in [-0.39, 0.29) is 5.91 Å². The lowest BCUT2D eigenvalue weighted by Crippen LogP contribution is -2.28. The molecule has 0 unspecified atom stereocenters. The first-order valence-corrected chi connectivity index (χ1v) is 9.07. The van der Waals surface area contributed by atoms with Crippen LogP contribution < -0.4 is 4.90 Å². The molecule has 0 spiro atoms. The average Bonchev–Trinajstić information content (AvgIpc) is 2.85. The fraction of sp³-hybridized carbons (Fsp3) is 0.444. The first kappa shape index (κ1) is 17.6. The van der Waals surface area contributed by atoms with Gasteiger partial charge in [-0.3, -0.25) is 14.7 Å². The van der Waals surface area contributed by atoms with E-state index in [4.69, 9.17) is 0 Å². The molecule has 0 N–H and O–H groups in total. The minimum absolute atomic E-state index is 0.0533. The number of carbonyl (C=O) groups excluding carboxylic acids is 1. The highest BCUT2D eigenvalue weighted by molar-refractivity contribution is 8.18. The van der Waals surface area contributed by atoms with E-state index < -0.39 is 0 Å². The molecule has 0 saturated carbocycles. The summed E-state index contributed by atoms with van der Waals surface area (Å²) in [4.78, 5) is 21.6. The molecule has 1 aliphatic rings. The van der Waals surface area contributed by atoms with Crippen LogP contribution in [0.2, 0.25) is 0 Å². The Morgan fingerprint density at radius 2 is 1.78 bits per heavy atom. The zero-order chi connectivity index (χ0) is 16.8. The second-order valence-corrected chi connectivity index (χ2v) is 6.19. The van der Waals surface area contributed by atoms with Gasteiger partial charge in [-0.25, -0.2) is 0 Å². The molecule has 2 rings (SSSR count). The van der Waals surface area contributed by atoms with Crippen molar-refractivity contribution in [2.75, 3.05) is 31.1 Å². The number of benzene rings is 1. The number of amidine groups is 1. The van der Waals surface area contributed by atoms with E-state index >= 15 is 0 Å². The van der Waals surface area contributed by atoms with Gasteiger partial charge in [0.15, 0.2) is 5.17 Å². The summed E-state index contributed by atoms with van der Waals surface area (Å²) in [5.74, 6) is 0.0533. The van der Waals surface area contributed by atoms with E-state index in [1.165, 1.54) is 17.4 Å². The Bertz CT molecular complexity index is 603. The molecular formula is C18H25N3OS. The Morgan fingerprint density at radius 1 is 1.13 bits per heavy atom. The molecule has 0 radical (unpaired) electrons. The van der Waals surface area contributed by atoms with Crippen molar-refractivity contribution in [2.45, 2.75) is 27.7 Å². The molecule has 1 aliphatic heterocycles. The number of aliphatic imine (C=N–C) groups is 1. The standard InChI is InChI=1S/C18H25N3OS/c1-5-19-18-21(8-4)17(22)16(23-18)13-14-9-11-15(12-10-14)20(6-2)7-3/h9-13H,5-8H2,1-4H3/b16-13-,19-18?. The summed E-state index contributed by atoms with van der Waals surface area (Å²) in [5, 5.41) is 0.811. The fourth-order valence-corrected chi connectivity index (χ4v) is 3.67. The molecule has 0 bridgehead atoms. The topological polar surface area (TPSA) is 35.9 Å². The number of thioether (sulfide) groups is 1. The van der Waals surface area contributed by atoms with Crippen LogP contribution in [0.15, 0.2) is 34.2 Å². The van der Waals surface area contributed by atoms with Crippen LogP contribution in [0, 0.1) is 0 Å². The Hall–Kier alpha value is -1.75. The van der Waals surface area contributed by atoms with Crippen molar-refractivity contribution in [1.82, 2.24) is 4.90 Å². The highest BCUT2D eigenvalue weighted by atomic mass is 32.2. The summed E-state index contributed by atoms with van der Waals surface area (Å²) in [5.41, 5.74) is 2.26. The third-order valence-electron chi connectivity index (χ3n) is 3.82. The zero-order valence-corrected chi connectivity index (χ0v) is 15.2. The number of carbonyl (C=O) groups is 1. The number of amides is 1. The maximum absolute atomic E-state index is 12.4. The third kappa shape index (κ3) is 3.96. The van der Waals surface area contributed by atoms with E-state index in [9.17, 15) is 4.79 Å². The Balaban J connectivity index is 2.22. The van der Waals surface area contributed by atoms with Gasteiger partial charge in [-0.1, -0.05) is 12.1 Å². The maximum Gasteiger partial charge on any atom is 0.266 e. The van der Waals surface area contributed by atoms with Gasteiger partial charge in [0.2, 0.25) is 0 Å². The van der Waals surface area contributed by atoms with Crippen molar-refractivity contribution in [3.63, 3.8) is 0 Å². The van der Waals surface area contributed by atoms with Crippen molar-refractivity contribution >= 4 is 34.6 Å². The first-order chi connectivity index (χ1) is 11.1. The summed E-state index contributed by atoms with van der Waals surface area (Å²) in [6.07, 6.45) is 1.96. The summed E-state index contributed by atoms with van der Waals surface area (Å²) in [6, 6.07) is 8.36. The van der Waals surface area contributed by atoms with E-state index in [0.29, 0.717) is 13.1 Å². The molecule has 1 aromatic rings. The lowest BCUT2D eigenvalue weighted by molar-refractivity contribution is -0.122. The van der Waals surface area contributed by atoms with Gasteiger partial charge >= 0.3 is 0 Å². The van der Waals surface area contributed by atoms with Gasteiger partial charge in [0.05, 0.1) is 4.91 Å². The van der Waals surface area contributed by atoms with E-state index in [2.05, 4.69) is 48.0 Å². The van der Waals surface area contributed by atoms with Crippen LogP contribution in [0.25, 0.3) is 6.08 Å². The predicted molar refractivity (Wildman–Crippen MR) is 101 cm³/mol. The van der Waals surface area contributed by atoms with Crippen molar-refractivity contribution < 1.29 is 4.79 Å². The van der Waals surface area contributed by atoms with E-state index in [1.807, 2.05) is 19.9 Å². The van der Waals surface area contributed by atoms with Crippen LogP contribution in [0.4, 0.5) is 5.69 Å². The average molecular weight is 331 g/mol. The minimum Gasteiger partial charge on any atom is -0.372 e. The van der Waals surface area contributed by atoms with Gasteiger partial charge in [-0.2, -0.15) is 0 Å². The molecule has 124 valence electrons. The largest absolute Gasteiger partial charge is 0.372 e. The maximum atomic E-state index is 12.4. The molecule has 1 heterocycles. The quantitative estimate of drug-likeness (QED) is 0.743. The molecule has 4 nitrogen and oxygen atoms in total. The number of hydrogen-bond acceptors (Lipinski definition) is 4. The first-order valence-electron chi connectivity index (χ1n) is 8.25. The fourth-order valence-electron chi connectivity index (χ4n) is 2.56. The summed E-state index contributed by atoms with van der Waals surface area (Å²) >= 11 is 1.47. The van der Waals surface area contributed by atoms with Crippen molar-refractivity contribution in [3.8, 4) is 0 Å². The molecule has 0 atom stereocenters. The highest BCUT2D eigenvalue weighted by Gasteiger charge is 2.31. The molecule has 0 aliphatic carbocycles. The van der Waals surface area contributed by atoms with Crippen molar-refractivity contribution in [3.05, 3.63) is 34.7 Å². The van der Waals surface area contributed by atoms with Crippen LogP contribution in [-0.2, 0) is 4.79 Å². The van der Waals surface area contributed by atoms with Gasteiger partial charge in [0.25, 0.3) is 5.91 Å². The smallest absolute Gasteiger partial charge is 0.266 e. The van der Waals surface area contributed by atoms with Crippen LogP contribution in [0.5, 0.6) is 0 Å². The minimum atomic E-state index is 0.0533. The molecule has 1 amide bonds. The highest BCUT2D eigenvalue weighted by Crippen LogP contribution is 2.32. The third-order valence-corrected chi connectivity index (χ3v) is 4.86. The lowest BCUT2D eigenvalue weighted by Gasteiger charge is -2.20. The number of nitrogens with zero attached hydrogens (tertiary/aromatic N) is 3. The normalized spacial score (nSPS) is 18.3. The predicted octanol–water partition coefficient (Wildman–Crippen LogP) is 3.84. The summed E-state index contributed by atoms with van der Waals surface area (Å²) in [6.45, 7) is 11.6. The van der Waals surface area contributed by atoms with E-state index in [1.54, 1.807) is 4.90 Å². The van der Waals surface area contributed by atoms with Crippen LogP contribution in [0.1, 0.15) is 33.3 Å². The second kappa shape index (κ2) is 8.20. The molecule has 1 saturated heterocycles. The van der Waals surface area contributed by atoms with Gasteiger partial charge < -0.3 is 4.90 Å². The van der Waals surface area contributed by atoms with Crippen molar-refractivity contribution in [2.24, 2.45) is 4.99 Å². The van der Waals surface area contributed by atoms with Gasteiger partial charge in [0.1, 0.15) is 0 Å². The van der Waals surface area contributed by atoms with Gasteiger partial charge in [-0.05, 0) is 63.2 Å². The lowest BCUT2D eigenvalue weighted by atomic mass is 10.1. The SMILES string of the molecule is CCN=C1S/C(=C\c2ccc(N(CC)CC)cc2)C(=O)N1CC. The van der Waals surface area contributed by atoms with Crippen LogP contribution in [-0.4, -0.2) is 42.2 Å². The Labute approximate surface area is 143 Å². The number of hydrogen-bond donors (Lipinski definition) is 0. The van der Waals surface area contributed by atoms with Crippen molar-refractivity contribution in [1.29, 1.82) is 0 Å². The molecule has 23 heavy (non-hydrogen) atoms. The Kier molecular flexibility index (Phi) is 6.28. The number of likely N-dealkylation sites (N-methyl/N-ethyl adjacent to an activating group) is 1. The summed E-state index contributed by atoms with van der Waals surface area (Å²) < 4.78 is 0. The zero-order valence-electron chi connectivity index (χ0n) is 14.4. The Morgan fingerprint density at radius 3 is 2.30 bits per heavy atom. The monoisotopic (exact) mass is 331 g/mol. The molecule has 5 heteroatoms. The van der Waals surface area contributed by atoms with E-state index in [0.717, 1.165) is 28.7 Å². The summed E-state index contributed by atoms with van der Waals surface area (Å²) in [7, 11) is 0. The second-order valence-electron chi connectivity index (χ2n) is 5.18. The van der Waals surface area contributed by atoms with Gasteiger partial charge in [-0.15, -0.1) is 0 Å². The van der Waals surface area contributed by atoms with Crippen LogP contribution in [0.3, 0.4) is 0 Å². The molecule has 1 fully saturated rings.